The maximum Gasteiger partial charge on any atom is 0.155 e. The Labute approximate surface area is 52.5 Å². The zero-order chi connectivity index (χ0) is 5.98. The molecule has 1 aromatic heterocycles. The Morgan fingerprint density at radius 2 is 2.50 bits per heavy atom. The predicted octanol–water partition coefficient (Wildman–Crippen LogP) is 1.24. The highest BCUT2D eigenvalue weighted by Crippen LogP contribution is 2.05. The summed E-state index contributed by atoms with van der Waals surface area (Å²) in [6.45, 7) is 1.83. The predicted molar refractivity (Wildman–Crippen MR) is 30.6 cm³/mol. The van der Waals surface area contributed by atoms with E-state index in [1.54, 1.807) is 0 Å². The molecule has 0 unspecified atom stereocenters. The monoisotopic (exact) mass is 127 g/mol. The van der Waals surface area contributed by atoms with E-state index in [9.17, 15) is 0 Å². The maximum absolute atomic E-state index is 5.50. The van der Waals surface area contributed by atoms with Crippen molar-refractivity contribution < 1.29 is 0 Å². The normalized spacial score (nSPS) is 9.25. The fraction of sp³-hybridized carbons (Fsp3) is 0.200. The molecule has 1 aromatic rings. The molecule has 0 N–H and O–H groups in total. The van der Waals surface area contributed by atoms with Crippen LogP contribution in [0.1, 0.15) is 5.56 Å². The lowest BCUT2D eigenvalue weighted by Crippen LogP contribution is -1.82. The summed E-state index contributed by atoms with van der Waals surface area (Å²) in [6.07, 6.45) is 1.49. The summed E-state index contributed by atoms with van der Waals surface area (Å²) in [7, 11) is 0. The molecule has 1 radical (unpaired) electrons. The van der Waals surface area contributed by atoms with E-state index in [4.69, 9.17) is 11.6 Å². The van der Waals surface area contributed by atoms with Gasteiger partial charge in [0.1, 0.15) is 0 Å². The number of aromatic nitrogens is 2. The zero-order valence-corrected chi connectivity index (χ0v) is 5.11. The topological polar surface area (TPSA) is 25.8 Å². The van der Waals surface area contributed by atoms with Crippen molar-refractivity contribution in [2.45, 2.75) is 6.92 Å². The van der Waals surface area contributed by atoms with Gasteiger partial charge >= 0.3 is 0 Å². The van der Waals surface area contributed by atoms with Crippen molar-refractivity contribution in [1.82, 2.24) is 10.2 Å². The van der Waals surface area contributed by atoms with Crippen LogP contribution in [0.15, 0.2) is 6.20 Å². The van der Waals surface area contributed by atoms with Gasteiger partial charge in [-0.2, -0.15) is 5.10 Å². The fourth-order valence-electron chi connectivity index (χ4n) is 0.340. The first kappa shape index (κ1) is 5.51. The molecule has 0 aliphatic heterocycles. The number of rotatable bonds is 0. The Bertz CT molecular complexity index is 167. The Kier molecular flexibility index (Phi) is 1.44. The highest BCUT2D eigenvalue weighted by molar-refractivity contribution is 6.29. The van der Waals surface area contributed by atoms with Gasteiger partial charge in [0.25, 0.3) is 0 Å². The summed E-state index contributed by atoms with van der Waals surface area (Å²) in [5, 5.41) is 7.49. The van der Waals surface area contributed by atoms with Crippen LogP contribution in [0.25, 0.3) is 0 Å². The first-order valence-corrected chi connectivity index (χ1v) is 2.54. The molecule has 0 fully saturated rings. The molecule has 0 spiro atoms. The minimum atomic E-state index is 0.424. The van der Waals surface area contributed by atoms with E-state index in [1.165, 1.54) is 6.20 Å². The smallest absolute Gasteiger partial charge is 0.155 e. The van der Waals surface area contributed by atoms with E-state index in [0.29, 0.717) is 5.15 Å². The number of halogens is 1. The van der Waals surface area contributed by atoms with Gasteiger partial charge in [-0.3, -0.25) is 0 Å². The van der Waals surface area contributed by atoms with Crippen LogP contribution in [0, 0.1) is 13.0 Å². The average Bonchev–Trinajstić information content (AvgIpc) is 1.77. The fourth-order valence-corrected chi connectivity index (χ4v) is 0.438. The van der Waals surface area contributed by atoms with Crippen LogP contribution in [0.2, 0.25) is 5.15 Å². The second kappa shape index (κ2) is 2.09. The van der Waals surface area contributed by atoms with Gasteiger partial charge in [-0.15, -0.1) is 5.10 Å². The van der Waals surface area contributed by atoms with Crippen LogP contribution in [0.4, 0.5) is 0 Å². The van der Waals surface area contributed by atoms with E-state index in [0.717, 1.165) is 5.56 Å². The minimum Gasteiger partial charge on any atom is -0.157 e. The third-order valence-electron chi connectivity index (χ3n) is 0.794. The lowest BCUT2D eigenvalue weighted by molar-refractivity contribution is 1.01. The first-order valence-electron chi connectivity index (χ1n) is 2.16. The van der Waals surface area contributed by atoms with Crippen LogP contribution in [0.3, 0.4) is 0 Å². The summed E-state index contributed by atoms with van der Waals surface area (Å²) in [4.78, 5) is 0. The first-order chi connectivity index (χ1) is 3.80. The van der Waals surface area contributed by atoms with Gasteiger partial charge in [-0.05, 0) is 12.5 Å². The Hall–Kier alpha value is -0.630. The second-order valence-corrected chi connectivity index (χ2v) is 1.76. The third kappa shape index (κ3) is 0.954. The van der Waals surface area contributed by atoms with Crippen molar-refractivity contribution >= 4 is 11.6 Å². The van der Waals surface area contributed by atoms with E-state index < -0.39 is 0 Å². The van der Waals surface area contributed by atoms with Crippen molar-refractivity contribution in [2.75, 3.05) is 0 Å². The average molecular weight is 128 g/mol. The molecule has 8 heavy (non-hydrogen) atoms. The highest BCUT2D eigenvalue weighted by atomic mass is 35.5. The van der Waals surface area contributed by atoms with E-state index in [1.807, 2.05) is 6.92 Å². The van der Waals surface area contributed by atoms with Crippen LogP contribution in [-0.2, 0) is 0 Å². The van der Waals surface area contributed by atoms with Crippen LogP contribution < -0.4 is 0 Å². The number of aryl methyl sites for hydroxylation is 1. The van der Waals surface area contributed by atoms with Gasteiger partial charge in [-0.1, -0.05) is 11.6 Å². The van der Waals surface area contributed by atoms with Crippen LogP contribution in [-0.4, -0.2) is 10.2 Å². The van der Waals surface area contributed by atoms with Crippen molar-refractivity contribution in [3.63, 3.8) is 0 Å². The van der Waals surface area contributed by atoms with E-state index in [-0.39, 0.29) is 0 Å². The molecule has 1 rings (SSSR count). The Balaban J connectivity index is 3.13. The molecule has 0 aliphatic carbocycles. The minimum absolute atomic E-state index is 0.424. The largest absolute Gasteiger partial charge is 0.157 e. The summed E-state index contributed by atoms with van der Waals surface area (Å²) >= 11 is 5.50. The molecule has 1 heterocycles. The lowest BCUT2D eigenvalue weighted by atomic mass is 10.4. The molecular weight excluding hydrogens is 124 g/mol. The zero-order valence-electron chi connectivity index (χ0n) is 4.35. The quantitative estimate of drug-likeness (QED) is 0.524. The Morgan fingerprint density at radius 1 is 1.75 bits per heavy atom. The standard InChI is InChI=1S/C5H4ClN2/c1-4-2-3-7-8-5(4)6/h3H,1H3. The molecule has 0 saturated heterocycles. The molecule has 0 atom stereocenters. The number of hydrogen-bond donors (Lipinski definition) is 0. The molecule has 3 heteroatoms. The summed E-state index contributed by atoms with van der Waals surface area (Å²) in [5.41, 5.74) is 0.835. The van der Waals surface area contributed by atoms with Gasteiger partial charge in [0, 0.05) is 6.07 Å². The second-order valence-electron chi connectivity index (χ2n) is 1.40. The molecule has 0 aromatic carbocycles. The van der Waals surface area contributed by atoms with Crippen LogP contribution in [0.5, 0.6) is 0 Å². The van der Waals surface area contributed by atoms with Crippen molar-refractivity contribution in [3.8, 4) is 0 Å². The van der Waals surface area contributed by atoms with Gasteiger partial charge < -0.3 is 0 Å². The lowest BCUT2D eigenvalue weighted by Gasteiger charge is -1.87. The van der Waals surface area contributed by atoms with E-state index >= 15 is 0 Å². The molecule has 0 bridgehead atoms. The van der Waals surface area contributed by atoms with E-state index in [2.05, 4.69) is 16.3 Å². The van der Waals surface area contributed by atoms with Crippen molar-refractivity contribution in [3.05, 3.63) is 23.0 Å². The number of hydrogen-bond acceptors (Lipinski definition) is 2. The summed E-state index contributed by atoms with van der Waals surface area (Å²) < 4.78 is 0. The molecule has 0 saturated carbocycles. The SMILES string of the molecule is Cc1[c]cnnc1Cl. The molecular formula is C5H4ClN2. The molecule has 41 valence electrons. The van der Waals surface area contributed by atoms with Gasteiger partial charge in [-0.25, -0.2) is 0 Å². The number of nitrogens with zero attached hydrogens (tertiary/aromatic N) is 2. The van der Waals surface area contributed by atoms with Gasteiger partial charge in [0.2, 0.25) is 0 Å². The third-order valence-corrected chi connectivity index (χ3v) is 1.15. The summed E-state index contributed by atoms with van der Waals surface area (Å²) in [5.74, 6) is 0. The van der Waals surface area contributed by atoms with Gasteiger partial charge in [0.05, 0.1) is 6.20 Å². The molecule has 0 amide bonds. The molecule has 0 aliphatic rings. The van der Waals surface area contributed by atoms with Crippen molar-refractivity contribution in [2.24, 2.45) is 0 Å². The highest BCUT2D eigenvalue weighted by Gasteiger charge is 1.90. The maximum atomic E-state index is 5.50. The van der Waals surface area contributed by atoms with Crippen molar-refractivity contribution in [1.29, 1.82) is 0 Å². The van der Waals surface area contributed by atoms with Gasteiger partial charge in [0.15, 0.2) is 5.15 Å². The summed E-state index contributed by atoms with van der Waals surface area (Å²) in [6, 6.07) is 2.79. The Morgan fingerprint density at radius 3 is 2.88 bits per heavy atom. The molecule has 2 nitrogen and oxygen atoms in total. The van der Waals surface area contributed by atoms with Crippen LogP contribution >= 0.6 is 11.6 Å².